The van der Waals surface area contributed by atoms with E-state index >= 15 is 0 Å². The van der Waals surface area contributed by atoms with E-state index in [1.807, 2.05) is 42.5 Å². The molecule has 1 atom stereocenters. The monoisotopic (exact) mass is 682 g/mol. The van der Waals surface area contributed by atoms with Gasteiger partial charge in [-0.05, 0) is 140 Å². The highest BCUT2D eigenvalue weighted by Crippen LogP contribution is 2.61. The molecule has 4 aliphatic rings. The third kappa shape index (κ3) is 9.16. The van der Waals surface area contributed by atoms with E-state index in [0.717, 1.165) is 54.2 Å². The van der Waals surface area contributed by atoms with Gasteiger partial charge < -0.3 is 24.5 Å². The summed E-state index contributed by atoms with van der Waals surface area (Å²) < 4.78 is 19.5. The zero-order chi connectivity index (χ0) is 34.5. The first-order valence-corrected chi connectivity index (χ1v) is 21.5. The molecule has 0 saturated heterocycles. The fourth-order valence-corrected chi connectivity index (χ4v) is 10.1. The van der Waals surface area contributed by atoms with Gasteiger partial charge in [-0.2, -0.15) is 0 Å². The normalized spacial score (nSPS) is 23.7. The Balaban J connectivity index is 1.05. The Bertz CT molecular complexity index is 1500. The summed E-state index contributed by atoms with van der Waals surface area (Å²) in [5.74, 6) is 4.59. The highest BCUT2D eigenvalue weighted by atomic mass is 28.4. The Kier molecular flexibility index (Phi) is 11.2. The van der Waals surface area contributed by atoms with Crippen LogP contribution in [0.3, 0.4) is 0 Å². The van der Waals surface area contributed by atoms with Crippen molar-refractivity contribution in [1.29, 1.82) is 0 Å². The first-order chi connectivity index (χ1) is 23.5. The number of ether oxygens (including phenoxy) is 2. The van der Waals surface area contributed by atoms with E-state index in [4.69, 9.17) is 13.9 Å². The van der Waals surface area contributed by atoms with Crippen molar-refractivity contribution in [3.05, 3.63) is 89.5 Å². The van der Waals surface area contributed by atoms with Crippen molar-refractivity contribution >= 4 is 20.4 Å². The van der Waals surface area contributed by atoms with E-state index in [-0.39, 0.29) is 11.1 Å². The molecule has 49 heavy (non-hydrogen) atoms. The second-order valence-electron chi connectivity index (χ2n) is 16.8. The average Bonchev–Trinajstić information content (AvgIpc) is 3.05. The predicted molar refractivity (Wildman–Crippen MR) is 202 cm³/mol. The van der Waals surface area contributed by atoms with Crippen molar-refractivity contribution in [3.63, 3.8) is 0 Å². The number of amides is 1. The lowest BCUT2D eigenvalue weighted by molar-refractivity contribution is -0.105. The third-order valence-electron chi connectivity index (χ3n) is 12.0. The van der Waals surface area contributed by atoms with Gasteiger partial charge in [-0.3, -0.25) is 4.79 Å². The molecule has 2 N–H and O–H groups in total. The summed E-state index contributed by atoms with van der Waals surface area (Å²) >= 11 is 0. The number of rotatable bonds is 17. The van der Waals surface area contributed by atoms with Crippen molar-refractivity contribution in [2.45, 2.75) is 103 Å². The van der Waals surface area contributed by atoms with E-state index < -0.39 is 8.32 Å². The van der Waals surface area contributed by atoms with Crippen LogP contribution in [-0.4, -0.2) is 34.4 Å². The summed E-state index contributed by atoms with van der Waals surface area (Å²) in [6.45, 7) is 14.1. The van der Waals surface area contributed by atoms with Crippen LogP contribution in [0.1, 0.15) is 88.5 Å². The molecule has 0 heterocycles. The number of carbonyl (C=O) groups excluding carboxylic acids is 1. The van der Waals surface area contributed by atoms with Gasteiger partial charge in [0, 0.05) is 6.54 Å². The summed E-state index contributed by atoms with van der Waals surface area (Å²) in [6, 6.07) is 24.7. The molecule has 3 aromatic carbocycles. The topological polar surface area (TPSA) is 68.8 Å². The van der Waals surface area contributed by atoms with Gasteiger partial charge in [0.05, 0.1) is 18.4 Å². The zero-order valence-electron chi connectivity index (χ0n) is 30.4. The lowest BCUT2D eigenvalue weighted by Crippen LogP contribution is -2.46. The highest BCUT2D eigenvalue weighted by molar-refractivity contribution is 6.74. The molecule has 7 rings (SSSR count). The van der Waals surface area contributed by atoms with E-state index in [1.54, 1.807) is 0 Å². The summed E-state index contributed by atoms with van der Waals surface area (Å²) in [6.07, 6.45) is 11.5. The van der Waals surface area contributed by atoms with Crippen LogP contribution >= 0.6 is 0 Å². The van der Waals surface area contributed by atoms with Gasteiger partial charge in [0.25, 0.3) is 0 Å². The van der Waals surface area contributed by atoms with Crippen molar-refractivity contribution in [2.24, 2.45) is 23.2 Å². The van der Waals surface area contributed by atoms with Gasteiger partial charge >= 0.3 is 0 Å². The molecule has 264 valence electrons. The number of anilines is 1. The lowest BCUT2D eigenvalue weighted by atomic mass is 9.49. The quantitative estimate of drug-likeness (QED) is 0.0843. The van der Waals surface area contributed by atoms with Gasteiger partial charge in [0.2, 0.25) is 6.41 Å². The maximum absolute atomic E-state index is 11.6. The molecule has 7 heteroatoms. The molecule has 3 aromatic rings. The Labute approximate surface area is 295 Å². The van der Waals surface area contributed by atoms with Crippen LogP contribution in [0, 0.1) is 23.2 Å². The van der Waals surface area contributed by atoms with Crippen LogP contribution in [0.4, 0.5) is 5.69 Å². The van der Waals surface area contributed by atoms with Gasteiger partial charge in [-0.25, -0.2) is 0 Å². The molecule has 0 aliphatic heterocycles. The molecule has 4 fully saturated rings. The van der Waals surface area contributed by atoms with E-state index in [9.17, 15) is 4.79 Å². The minimum Gasteiger partial charge on any atom is -0.494 e. The summed E-state index contributed by atoms with van der Waals surface area (Å²) in [7, 11) is -2.10. The number of nitrogens with one attached hydrogen (secondary N) is 2. The van der Waals surface area contributed by atoms with Crippen molar-refractivity contribution in [1.82, 2.24) is 5.32 Å². The molecule has 0 unspecified atom stereocenters. The second-order valence-corrected chi connectivity index (χ2v) is 21.5. The van der Waals surface area contributed by atoms with E-state index in [2.05, 4.69) is 74.8 Å². The molecule has 4 bridgehead atoms. The van der Waals surface area contributed by atoms with E-state index in [0.29, 0.717) is 36.4 Å². The first kappa shape index (κ1) is 35.7. The minimum absolute atomic E-state index is 0.0595. The molecule has 0 spiro atoms. The Morgan fingerprint density at radius 3 is 2.24 bits per heavy atom. The first-order valence-electron chi connectivity index (χ1n) is 18.6. The number of hydrogen-bond acceptors (Lipinski definition) is 5. The van der Waals surface area contributed by atoms with E-state index in [1.165, 1.54) is 50.5 Å². The number of benzene rings is 3. The maximum atomic E-state index is 11.6. The van der Waals surface area contributed by atoms with Crippen LogP contribution in [0.15, 0.2) is 72.8 Å². The average molecular weight is 683 g/mol. The smallest absolute Gasteiger partial charge is 0.211 e. The van der Waals surface area contributed by atoms with Crippen LogP contribution in [0.5, 0.6) is 11.5 Å². The molecule has 6 nitrogen and oxygen atoms in total. The van der Waals surface area contributed by atoms with Crippen LogP contribution < -0.4 is 20.1 Å². The molecule has 0 aromatic heterocycles. The number of hydrogen-bond donors (Lipinski definition) is 2. The van der Waals surface area contributed by atoms with Gasteiger partial charge in [0.15, 0.2) is 8.32 Å². The maximum Gasteiger partial charge on any atom is 0.211 e. The molecule has 0 radical (unpaired) electrons. The standard InChI is InChI=1S/C42H58N2O4Si/c1-41(2,3)49(4,5)48-40(36-14-15-39(38(24-36)44-30-45)47-29-32-10-7-6-8-11-32)28-43-18-16-31-12-9-13-37(23-31)46-19-17-42-25-33-20-34(26-42)22-35(21-33)27-42/h6-15,23-24,30,33-35,40,43H,16-22,25-29H2,1-5H3,(H,44,45)/t33?,34?,35?,40-,42?/m0/s1. The van der Waals surface area contributed by atoms with Gasteiger partial charge in [-0.15, -0.1) is 0 Å². The van der Waals surface area contributed by atoms with Crippen molar-refractivity contribution < 1.29 is 18.7 Å². The fraction of sp³-hybridized carbons (Fsp3) is 0.548. The van der Waals surface area contributed by atoms with Crippen LogP contribution in [0.2, 0.25) is 18.1 Å². The van der Waals surface area contributed by atoms with Gasteiger partial charge in [0.1, 0.15) is 18.1 Å². The lowest BCUT2D eigenvalue weighted by Gasteiger charge is -2.57. The Morgan fingerprint density at radius 2 is 1.57 bits per heavy atom. The van der Waals surface area contributed by atoms with Crippen LogP contribution in [0.25, 0.3) is 0 Å². The molecular weight excluding hydrogens is 625 g/mol. The summed E-state index contributed by atoms with van der Waals surface area (Å²) in [4.78, 5) is 11.6. The molecule has 4 aliphatic carbocycles. The second kappa shape index (κ2) is 15.4. The predicted octanol–water partition coefficient (Wildman–Crippen LogP) is 9.71. The molecular formula is C42H58N2O4Si. The number of carbonyl (C=O) groups is 1. The van der Waals surface area contributed by atoms with Crippen LogP contribution in [-0.2, 0) is 22.2 Å². The third-order valence-corrected chi connectivity index (χ3v) is 16.4. The molecule has 1 amide bonds. The minimum atomic E-state index is -2.10. The fourth-order valence-electron chi connectivity index (χ4n) is 8.78. The van der Waals surface area contributed by atoms with Crippen molar-refractivity contribution in [2.75, 3.05) is 25.0 Å². The summed E-state index contributed by atoms with van der Waals surface area (Å²) in [5.41, 5.74) is 4.56. The largest absolute Gasteiger partial charge is 0.494 e. The zero-order valence-corrected chi connectivity index (χ0v) is 31.4. The Hall–Kier alpha value is -3.13. The highest BCUT2D eigenvalue weighted by Gasteiger charge is 2.50. The summed E-state index contributed by atoms with van der Waals surface area (Å²) in [5, 5.41) is 6.61. The molecule has 4 saturated carbocycles. The Morgan fingerprint density at radius 1 is 0.878 bits per heavy atom. The SMILES string of the molecule is CC(C)(C)[Si](C)(C)O[C@@H](CNCCc1cccc(OCCC23CC4CC(CC(C4)C2)C3)c1)c1ccc(OCc2ccccc2)c(NC=O)c1. The van der Waals surface area contributed by atoms with Gasteiger partial charge in [-0.1, -0.05) is 69.3 Å². The van der Waals surface area contributed by atoms with Crippen molar-refractivity contribution in [3.8, 4) is 11.5 Å².